The van der Waals surface area contributed by atoms with Gasteiger partial charge in [-0.2, -0.15) is 0 Å². The molecule has 3 rings (SSSR count). The van der Waals surface area contributed by atoms with Crippen LogP contribution >= 0.6 is 0 Å². The zero-order valence-corrected chi connectivity index (χ0v) is 15.4. The molecule has 1 fully saturated rings. The summed E-state index contributed by atoms with van der Waals surface area (Å²) in [6, 6.07) is 11.9. The molecular weight excluding hydrogens is 328 g/mol. The highest BCUT2D eigenvalue weighted by Gasteiger charge is 2.35. The Morgan fingerprint density at radius 1 is 1.23 bits per heavy atom. The topological polar surface area (TPSA) is 62.6 Å². The summed E-state index contributed by atoms with van der Waals surface area (Å²) >= 11 is 0. The molecule has 2 amide bonds. The molecular formula is C21H26N2O3. The number of benzene rings is 1. The third-order valence-corrected chi connectivity index (χ3v) is 5.15. The molecule has 3 atom stereocenters. The first-order valence-electron chi connectivity index (χ1n) is 9.25. The lowest BCUT2D eigenvalue weighted by molar-refractivity contribution is -0.127. The van der Waals surface area contributed by atoms with Crippen molar-refractivity contribution < 1.29 is 14.0 Å². The second-order valence-electron chi connectivity index (χ2n) is 7.08. The highest BCUT2D eigenvalue weighted by molar-refractivity contribution is 5.94. The van der Waals surface area contributed by atoms with Gasteiger partial charge in [-0.1, -0.05) is 37.3 Å². The van der Waals surface area contributed by atoms with Crippen LogP contribution in [-0.4, -0.2) is 35.8 Å². The van der Waals surface area contributed by atoms with Crippen LogP contribution in [0, 0.1) is 5.92 Å². The molecule has 2 heterocycles. The van der Waals surface area contributed by atoms with E-state index < -0.39 is 0 Å². The Hall–Kier alpha value is -2.56. The molecule has 1 aliphatic heterocycles. The monoisotopic (exact) mass is 354 g/mol. The van der Waals surface area contributed by atoms with E-state index in [0.29, 0.717) is 18.7 Å². The average Bonchev–Trinajstić information content (AvgIpc) is 3.22. The lowest BCUT2D eigenvalue weighted by atomic mass is 9.83. The Labute approximate surface area is 154 Å². The van der Waals surface area contributed by atoms with Gasteiger partial charge in [0.2, 0.25) is 5.91 Å². The van der Waals surface area contributed by atoms with Gasteiger partial charge in [0.15, 0.2) is 0 Å². The van der Waals surface area contributed by atoms with Crippen molar-refractivity contribution in [1.82, 2.24) is 10.2 Å². The Morgan fingerprint density at radius 2 is 2.00 bits per heavy atom. The van der Waals surface area contributed by atoms with Crippen molar-refractivity contribution >= 4 is 11.8 Å². The second kappa shape index (κ2) is 8.21. The molecule has 1 saturated heterocycles. The minimum atomic E-state index is -0.209. The van der Waals surface area contributed by atoms with E-state index in [4.69, 9.17) is 4.42 Å². The smallest absolute Gasteiger partial charge is 0.257 e. The summed E-state index contributed by atoms with van der Waals surface area (Å²) in [6.45, 7) is 5.11. The number of rotatable bonds is 5. The van der Waals surface area contributed by atoms with Crippen molar-refractivity contribution in [3.05, 3.63) is 60.1 Å². The summed E-state index contributed by atoms with van der Waals surface area (Å²) in [5.74, 6) is -0.113. The van der Waals surface area contributed by atoms with Gasteiger partial charge in [-0.25, -0.2) is 0 Å². The highest BCUT2D eigenvalue weighted by Crippen LogP contribution is 2.31. The van der Waals surface area contributed by atoms with Gasteiger partial charge in [0.1, 0.15) is 6.26 Å². The van der Waals surface area contributed by atoms with Gasteiger partial charge in [0.25, 0.3) is 5.91 Å². The summed E-state index contributed by atoms with van der Waals surface area (Å²) in [5, 5.41) is 3.07. The van der Waals surface area contributed by atoms with Crippen molar-refractivity contribution in [2.75, 3.05) is 13.1 Å². The average molecular weight is 354 g/mol. The Kier molecular flexibility index (Phi) is 5.76. The summed E-state index contributed by atoms with van der Waals surface area (Å²) in [4.78, 5) is 27.3. The number of hydrogen-bond acceptors (Lipinski definition) is 3. The number of nitrogens with one attached hydrogen (secondary N) is 1. The van der Waals surface area contributed by atoms with Gasteiger partial charge in [-0.3, -0.25) is 9.59 Å². The van der Waals surface area contributed by atoms with Crippen molar-refractivity contribution in [2.45, 2.75) is 38.6 Å². The molecule has 26 heavy (non-hydrogen) atoms. The maximum Gasteiger partial charge on any atom is 0.257 e. The molecule has 5 heteroatoms. The van der Waals surface area contributed by atoms with E-state index in [9.17, 15) is 9.59 Å². The Balaban J connectivity index is 1.81. The minimum absolute atomic E-state index is 0.0324. The van der Waals surface area contributed by atoms with Gasteiger partial charge in [-0.15, -0.1) is 0 Å². The van der Waals surface area contributed by atoms with Crippen LogP contribution in [-0.2, 0) is 4.79 Å². The summed E-state index contributed by atoms with van der Waals surface area (Å²) < 4.78 is 5.05. The lowest BCUT2D eigenvalue weighted by Gasteiger charge is -2.37. The van der Waals surface area contributed by atoms with Crippen LogP contribution < -0.4 is 5.32 Å². The van der Waals surface area contributed by atoms with Crippen molar-refractivity contribution in [1.29, 1.82) is 0 Å². The molecule has 1 aromatic carbocycles. The third kappa shape index (κ3) is 4.15. The second-order valence-corrected chi connectivity index (χ2v) is 7.08. The summed E-state index contributed by atoms with van der Waals surface area (Å²) in [7, 11) is 0. The summed E-state index contributed by atoms with van der Waals surface area (Å²) in [5.41, 5.74) is 1.69. The minimum Gasteiger partial charge on any atom is -0.472 e. The van der Waals surface area contributed by atoms with Crippen molar-refractivity contribution in [2.24, 2.45) is 5.92 Å². The van der Waals surface area contributed by atoms with Crippen LogP contribution in [0.25, 0.3) is 0 Å². The van der Waals surface area contributed by atoms with Crippen molar-refractivity contribution in [3.8, 4) is 0 Å². The number of carbonyl (C=O) groups excluding carboxylic acids is 2. The highest BCUT2D eigenvalue weighted by atomic mass is 16.3. The fourth-order valence-electron chi connectivity index (χ4n) is 3.45. The van der Waals surface area contributed by atoms with Gasteiger partial charge in [-0.05, 0) is 31.4 Å². The van der Waals surface area contributed by atoms with E-state index in [1.807, 2.05) is 32.0 Å². The molecule has 1 N–H and O–H groups in total. The van der Waals surface area contributed by atoms with E-state index in [2.05, 4.69) is 17.4 Å². The lowest BCUT2D eigenvalue weighted by Crippen LogP contribution is -2.49. The molecule has 0 radical (unpaired) electrons. The number of carbonyl (C=O) groups is 2. The van der Waals surface area contributed by atoms with Crippen LogP contribution in [0.4, 0.5) is 0 Å². The van der Waals surface area contributed by atoms with Crippen LogP contribution in [0.3, 0.4) is 0 Å². The number of amides is 2. The molecule has 2 aromatic rings. The third-order valence-electron chi connectivity index (χ3n) is 5.15. The van der Waals surface area contributed by atoms with E-state index in [1.54, 1.807) is 11.0 Å². The molecule has 0 unspecified atom stereocenters. The van der Waals surface area contributed by atoms with Crippen LogP contribution in [0.5, 0.6) is 0 Å². The normalized spacial score (nSPS) is 21.2. The van der Waals surface area contributed by atoms with Gasteiger partial charge < -0.3 is 14.6 Å². The Morgan fingerprint density at radius 3 is 2.65 bits per heavy atom. The number of nitrogens with zero attached hydrogens (tertiary/aromatic N) is 1. The number of furan rings is 1. The quantitative estimate of drug-likeness (QED) is 0.895. The molecule has 1 aromatic heterocycles. The standard InChI is InChI=1S/C21H26N2O3/c1-3-15(2)22-20(24)19-11-18(16-7-5-4-6-8-16)12-23(13-19)21(25)17-9-10-26-14-17/h4-10,14-15,18-19H,3,11-13H2,1-2H3,(H,22,24)/t15-,18+,19+/m0/s1. The predicted molar refractivity (Wildman–Crippen MR) is 99.8 cm³/mol. The largest absolute Gasteiger partial charge is 0.472 e. The molecule has 0 aliphatic carbocycles. The van der Waals surface area contributed by atoms with Gasteiger partial charge in [0.05, 0.1) is 17.7 Å². The van der Waals surface area contributed by atoms with E-state index in [-0.39, 0.29) is 29.7 Å². The fraction of sp³-hybridized carbons (Fsp3) is 0.429. The SMILES string of the molecule is CC[C@H](C)NC(=O)[C@@H]1C[C@@H](c2ccccc2)CN(C(=O)c2ccoc2)C1. The number of hydrogen-bond donors (Lipinski definition) is 1. The Bertz CT molecular complexity index is 727. The first-order valence-corrected chi connectivity index (χ1v) is 9.25. The molecule has 5 nitrogen and oxygen atoms in total. The summed E-state index contributed by atoms with van der Waals surface area (Å²) in [6.07, 6.45) is 4.60. The zero-order valence-electron chi connectivity index (χ0n) is 15.4. The molecule has 1 aliphatic rings. The maximum atomic E-state index is 12.8. The number of piperidine rings is 1. The first kappa shape index (κ1) is 18.2. The first-order chi connectivity index (χ1) is 12.6. The van der Waals surface area contributed by atoms with E-state index in [1.165, 1.54) is 18.1 Å². The molecule has 0 bridgehead atoms. The molecule has 0 spiro atoms. The zero-order chi connectivity index (χ0) is 18.5. The van der Waals surface area contributed by atoms with Crippen LogP contribution in [0.2, 0.25) is 0 Å². The van der Waals surface area contributed by atoms with E-state index in [0.717, 1.165) is 12.8 Å². The number of likely N-dealkylation sites (tertiary alicyclic amines) is 1. The van der Waals surface area contributed by atoms with Crippen molar-refractivity contribution in [3.63, 3.8) is 0 Å². The van der Waals surface area contributed by atoms with Gasteiger partial charge in [0, 0.05) is 25.0 Å². The predicted octanol–water partition coefficient (Wildman–Crippen LogP) is 3.44. The van der Waals surface area contributed by atoms with Crippen LogP contribution in [0.15, 0.2) is 53.3 Å². The van der Waals surface area contributed by atoms with E-state index >= 15 is 0 Å². The fourth-order valence-corrected chi connectivity index (χ4v) is 3.45. The van der Waals surface area contributed by atoms with Crippen LogP contribution in [0.1, 0.15) is 48.5 Å². The molecule has 138 valence electrons. The maximum absolute atomic E-state index is 12.8. The van der Waals surface area contributed by atoms with Gasteiger partial charge >= 0.3 is 0 Å². The molecule has 0 saturated carbocycles.